The third-order valence-corrected chi connectivity index (χ3v) is 3.32. The van der Waals surface area contributed by atoms with Crippen LogP contribution in [0, 0.1) is 5.41 Å². The summed E-state index contributed by atoms with van der Waals surface area (Å²) >= 11 is 0. The zero-order valence-corrected chi connectivity index (χ0v) is 11.8. The van der Waals surface area contributed by atoms with Crippen molar-refractivity contribution in [2.45, 2.75) is 27.2 Å². The molecule has 0 amide bonds. The lowest BCUT2D eigenvalue weighted by Crippen LogP contribution is -2.08. The fraction of sp³-hybridized carbons (Fsp3) is 0.278. The number of pyridine rings is 1. The molecule has 3 rings (SSSR count). The quantitative estimate of drug-likeness (QED) is 0.554. The van der Waals surface area contributed by atoms with Gasteiger partial charge in [-0.1, -0.05) is 45.0 Å². The summed E-state index contributed by atoms with van der Waals surface area (Å²) in [5.74, 6) is 0. The Labute approximate surface area is 114 Å². The predicted molar refractivity (Wildman–Crippen MR) is 82.4 cm³/mol. The second-order valence-electron chi connectivity index (χ2n) is 6.45. The molecule has 0 aliphatic carbocycles. The van der Waals surface area contributed by atoms with Crippen LogP contribution in [-0.4, -0.2) is 4.98 Å². The molecule has 3 aromatic rings. The fourth-order valence-electron chi connectivity index (χ4n) is 2.55. The van der Waals surface area contributed by atoms with E-state index in [-0.39, 0.29) is 0 Å². The van der Waals surface area contributed by atoms with Crippen LogP contribution in [0.5, 0.6) is 0 Å². The van der Waals surface area contributed by atoms with Crippen molar-refractivity contribution in [2.24, 2.45) is 5.41 Å². The van der Waals surface area contributed by atoms with Crippen LogP contribution in [0.4, 0.5) is 0 Å². The Balaban J connectivity index is 2.14. The van der Waals surface area contributed by atoms with Gasteiger partial charge < -0.3 is 0 Å². The van der Waals surface area contributed by atoms with Crippen LogP contribution in [-0.2, 0) is 6.42 Å². The lowest BCUT2D eigenvalue weighted by molar-refractivity contribution is 0.411. The van der Waals surface area contributed by atoms with Crippen molar-refractivity contribution in [3.8, 4) is 0 Å². The Bertz CT molecular complexity index is 735. The lowest BCUT2D eigenvalue weighted by Gasteiger charge is -2.18. The molecule has 0 radical (unpaired) electrons. The molecule has 1 heteroatoms. The van der Waals surface area contributed by atoms with Gasteiger partial charge in [-0.3, -0.25) is 0 Å². The zero-order valence-electron chi connectivity index (χ0n) is 11.8. The van der Waals surface area contributed by atoms with E-state index in [2.05, 4.69) is 63.2 Å². The molecular weight excluding hydrogens is 230 g/mol. The molecule has 0 N–H and O–H groups in total. The van der Waals surface area contributed by atoms with Crippen molar-refractivity contribution >= 4 is 21.8 Å². The highest BCUT2D eigenvalue weighted by Gasteiger charge is 2.11. The van der Waals surface area contributed by atoms with Crippen LogP contribution in [0.1, 0.15) is 26.3 Å². The Kier molecular flexibility index (Phi) is 2.78. The number of aromatic nitrogens is 1. The summed E-state index contributed by atoms with van der Waals surface area (Å²) < 4.78 is 0. The van der Waals surface area contributed by atoms with Crippen LogP contribution in [0.15, 0.2) is 48.5 Å². The van der Waals surface area contributed by atoms with Crippen LogP contribution in [0.2, 0.25) is 0 Å². The van der Waals surface area contributed by atoms with E-state index in [9.17, 15) is 0 Å². The second kappa shape index (κ2) is 4.34. The molecule has 0 aliphatic rings. The summed E-state index contributed by atoms with van der Waals surface area (Å²) in [6.07, 6.45) is 1.09. The number of rotatable bonds is 1. The highest BCUT2D eigenvalue weighted by molar-refractivity contribution is 5.92. The van der Waals surface area contributed by atoms with E-state index in [1.807, 2.05) is 6.07 Å². The first-order chi connectivity index (χ1) is 9.01. The Morgan fingerprint density at radius 1 is 0.842 bits per heavy atom. The average Bonchev–Trinajstić information content (AvgIpc) is 2.34. The van der Waals surface area contributed by atoms with Gasteiger partial charge in [0, 0.05) is 10.8 Å². The van der Waals surface area contributed by atoms with Gasteiger partial charge in [0.15, 0.2) is 0 Å². The third kappa shape index (κ3) is 2.60. The minimum atomic E-state index is 0.317. The van der Waals surface area contributed by atoms with Crippen molar-refractivity contribution in [3.63, 3.8) is 0 Å². The van der Waals surface area contributed by atoms with Crippen molar-refractivity contribution in [1.82, 2.24) is 4.98 Å². The topological polar surface area (TPSA) is 12.9 Å². The molecule has 0 saturated heterocycles. The number of nitrogens with zero attached hydrogens (tertiary/aromatic N) is 1. The summed E-state index contributed by atoms with van der Waals surface area (Å²) in [5, 5.41) is 2.45. The molecule has 0 aliphatic heterocycles. The molecule has 1 heterocycles. The van der Waals surface area contributed by atoms with Gasteiger partial charge in [-0.25, -0.2) is 4.98 Å². The minimum absolute atomic E-state index is 0.317. The van der Waals surface area contributed by atoms with Gasteiger partial charge in [0.1, 0.15) is 0 Å². The predicted octanol–water partition coefficient (Wildman–Crippen LogP) is 4.98. The van der Waals surface area contributed by atoms with Crippen LogP contribution < -0.4 is 0 Å². The third-order valence-electron chi connectivity index (χ3n) is 3.32. The molecule has 0 atom stereocenters. The van der Waals surface area contributed by atoms with Crippen molar-refractivity contribution in [3.05, 3.63) is 54.1 Å². The summed E-state index contributed by atoms with van der Waals surface area (Å²) in [6.45, 7) is 6.82. The van der Waals surface area contributed by atoms with Crippen LogP contribution >= 0.6 is 0 Å². The van der Waals surface area contributed by atoms with E-state index in [1.165, 1.54) is 16.3 Å². The average molecular weight is 249 g/mol. The first-order valence-corrected chi connectivity index (χ1v) is 6.80. The van der Waals surface area contributed by atoms with Gasteiger partial charge in [-0.05, 0) is 41.7 Å². The molecule has 96 valence electrons. The van der Waals surface area contributed by atoms with Gasteiger partial charge >= 0.3 is 0 Å². The Morgan fingerprint density at radius 2 is 1.58 bits per heavy atom. The molecule has 19 heavy (non-hydrogen) atoms. The molecule has 2 aromatic carbocycles. The van der Waals surface area contributed by atoms with Gasteiger partial charge in [-0.2, -0.15) is 0 Å². The minimum Gasteiger partial charge on any atom is -0.248 e. The van der Waals surface area contributed by atoms with E-state index < -0.39 is 0 Å². The smallest absolute Gasteiger partial charge is 0.0709 e. The van der Waals surface area contributed by atoms with Crippen molar-refractivity contribution in [1.29, 1.82) is 0 Å². The molecule has 1 aromatic heterocycles. The lowest BCUT2D eigenvalue weighted by atomic mass is 9.88. The zero-order chi connectivity index (χ0) is 13.5. The summed E-state index contributed by atoms with van der Waals surface area (Å²) in [7, 11) is 0. The summed E-state index contributed by atoms with van der Waals surface area (Å²) in [6, 6.07) is 17.2. The maximum absolute atomic E-state index is 4.72. The SMILES string of the molecule is CC(C)(C)Cc1ccc2nc3ccccc3cc2c1. The van der Waals surface area contributed by atoms with Crippen LogP contribution in [0.3, 0.4) is 0 Å². The first kappa shape index (κ1) is 12.2. The number of para-hydroxylation sites is 1. The fourth-order valence-corrected chi connectivity index (χ4v) is 2.55. The largest absolute Gasteiger partial charge is 0.248 e. The Morgan fingerprint density at radius 3 is 2.37 bits per heavy atom. The maximum Gasteiger partial charge on any atom is 0.0709 e. The number of benzene rings is 2. The van der Waals surface area contributed by atoms with Gasteiger partial charge in [0.25, 0.3) is 0 Å². The van der Waals surface area contributed by atoms with E-state index in [0.29, 0.717) is 5.41 Å². The second-order valence-corrected chi connectivity index (χ2v) is 6.45. The monoisotopic (exact) mass is 249 g/mol. The normalized spacial score (nSPS) is 12.2. The summed E-state index contributed by atoms with van der Waals surface area (Å²) in [4.78, 5) is 4.72. The summed E-state index contributed by atoms with van der Waals surface area (Å²) in [5.41, 5.74) is 3.85. The van der Waals surface area contributed by atoms with Gasteiger partial charge in [0.2, 0.25) is 0 Å². The van der Waals surface area contributed by atoms with Crippen molar-refractivity contribution < 1.29 is 0 Å². The van der Waals surface area contributed by atoms with E-state index in [1.54, 1.807) is 0 Å². The molecule has 0 bridgehead atoms. The van der Waals surface area contributed by atoms with Gasteiger partial charge in [-0.15, -0.1) is 0 Å². The number of hydrogen-bond acceptors (Lipinski definition) is 1. The van der Waals surface area contributed by atoms with E-state index >= 15 is 0 Å². The molecule has 0 saturated carbocycles. The number of hydrogen-bond donors (Lipinski definition) is 0. The highest BCUT2D eigenvalue weighted by Crippen LogP contribution is 2.25. The standard InChI is InChI=1S/C18H19N/c1-18(2,3)12-13-8-9-17-15(10-13)11-14-6-4-5-7-16(14)19-17/h4-11H,12H2,1-3H3. The molecular formula is C18H19N. The molecule has 0 unspecified atom stereocenters. The van der Waals surface area contributed by atoms with E-state index in [4.69, 9.17) is 4.98 Å². The number of fused-ring (bicyclic) bond motifs is 2. The van der Waals surface area contributed by atoms with Crippen molar-refractivity contribution in [2.75, 3.05) is 0 Å². The maximum atomic E-state index is 4.72. The van der Waals surface area contributed by atoms with Crippen LogP contribution in [0.25, 0.3) is 21.8 Å². The van der Waals surface area contributed by atoms with E-state index in [0.717, 1.165) is 17.5 Å². The van der Waals surface area contributed by atoms with Gasteiger partial charge in [0.05, 0.1) is 11.0 Å². The molecule has 0 fully saturated rings. The Hall–Kier alpha value is -1.89. The molecule has 0 spiro atoms. The highest BCUT2D eigenvalue weighted by atomic mass is 14.7. The first-order valence-electron chi connectivity index (χ1n) is 6.80. The molecule has 1 nitrogen and oxygen atoms in total.